The zero-order chi connectivity index (χ0) is 19.6. The van der Waals surface area contributed by atoms with Crippen LogP contribution in [0.25, 0.3) is 0 Å². The molecule has 0 saturated carbocycles. The molecule has 2 rings (SSSR count). The minimum absolute atomic E-state index is 0.0722. The Bertz CT molecular complexity index is 753. The second-order valence-electron chi connectivity index (χ2n) is 6.55. The summed E-state index contributed by atoms with van der Waals surface area (Å²) in [5.41, 5.74) is 2.74. The number of rotatable bonds is 10. The molecule has 5 heteroatoms. The van der Waals surface area contributed by atoms with E-state index in [1.165, 1.54) is 0 Å². The molecule has 0 heterocycles. The van der Waals surface area contributed by atoms with E-state index in [-0.39, 0.29) is 24.4 Å². The quantitative estimate of drug-likeness (QED) is 0.645. The number of hydrogen-bond donors (Lipinski definition) is 1. The van der Waals surface area contributed by atoms with Gasteiger partial charge in [-0.3, -0.25) is 9.59 Å². The average Bonchev–Trinajstić information content (AvgIpc) is 2.69. The molecule has 5 nitrogen and oxygen atoms in total. The highest BCUT2D eigenvalue weighted by molar-refractivity contribution is 5.95. The van der Waals surface area contributed by atoms with Crippen LogP contribution in [0.3, 0.4) is 0 Å². The van der Waals surface area contributed by atoms with Crippen LogP contribution in [0.2, 0.25) is 0 Å². The van der Waals surface area contributed by atoms with Crippen molar-refractivity contribution in [1.29, 1.82) is 0 Å². The summed E-state index contributed by atoms with van der Waals surface area (Å²) in [6.07, 6.45) is 0.646. The van der Waals surface area contributed by atoms with E-state index in [9.17, 15) is 9.59 Å². The summed E-state index contributed by atoms with van der Waals surface area (Å²) in [7, 11) is 0. The third-order valence-corrected chi connectivity index (χ3v) is 3.93. The van der Waals surface area contributed by atoms with E-state index in [2.05, 4.69) is 5.32 Å². The number of hydrogen-bond acceptors (Lipinski definition) is 4. The van der Waals surface area contributed by atoms with Gasteiger partial charge in [0.15, 0.2) is 12.4 Å². The molecule has 0 aliphatic rings. The van der Waals surface area contributed by atoms with Gasteiger partial charge in [-0.25, -0.2) is 0 Å². The highest BCUT2D eigenvalue weighted by Gasteiger charge is 2.06. The Labute approximate surface area is 160 Å². The van der Waals surface area contributed by atoms with Gasteiger partial charge in [-0.1, -0.05) is 31.2 Å². The van der Waals surface area contributed by atoms with Crippen LogP contribution < -0.4 is 10.1 Å². The summed E-state index contributed by atoms with van der Waals surface area (Å²) < 4.78 is 11.1. The van der Waals surface area contributed by atoms with E-state index in [4.69, 9.17) is 9.47 Å². The van der Waals surface area contributed by atoms with Crippen molar-refractivity contribution in [3.8, 4) is 5.75 Å². The Hall–Kier alpha value is -2.66. The monoisotopic (exact) mass is 369 g/mol. The first-order valence-corrected chi connectivity index (χ1v) is 9.20. The number of benzene rings is 2. The molecule has 0 aliphatic heterocycles. The van der Waals surface area contributed by atoms with Gasteiger partial charge in [0.05, 0.1) is 12.7 Å². The molecule has 144 valence electrons. The molecule has 27 heavy (non-hydrogen) atoms. The molecule has 0 atom stereocenters. The van der Waals surface area contributed by atoms with Crippen molar-refractivity contribution in [2.24, 2.45) is 0 Å². The van der Waals surface area contributed by atoms with E-state index in [0.717, 1.165) is 11.1 Å². The second kappa shape index (κ2) is 10.5. The number of amides is 1. The Kier molecular flexibility index (Phi) is 8.01. The largest absolute Gasteiger partial charge is 0.484 e. The van der Waals surface area contributed by atoms with Crippen LogP contribution in [0.4, 0.5) is 0 Å². The fourth-order valence-corrected chi connectivity index (χ4v) is 2.43. The predicted molar refractivity (Wildman–Crippen MR) is 105 cm³/mol. The zero-order valence-electron chi connectivity index (χ0n) is 16.2. The SMILES string of the molecule is CCC(=O)c1ccc(OCC(=O)NCc2cccc(COC(C)C)c2)cc1. The first kappa shape index (κ1) is 20.6. The summed E-state index contributed by atoms with van der Waals surface area (Å²) in [6, 6.07) is 14.8. The number of ether oxygens (including phenoxy) is 2. The molecule has 0 unspecified atom stereocenters. The molecule has 0 spiro atoms. The summed E-state index contributed by atoms with van der Waals surface area (Å²) >= 11 is 0. The van der Waals surface area contributed by atoms with Crippen molar-refractivity contribution in [3.05, 3.63) is 65.2 Å². The van der Waals surface area contributed by atoms with Gasteiger partial charge < -0.3 is 14.8 Å². The third-order valence-electron chi connectivity index (χ3n) is 3.93. The lowest BCUT2D eigenvalue weighted by molar-refractivity contribution is -0.123. The van der Waals surface area contributed by atoms with Crippen LogP contribution >= 0.6 is 0 Å². The summed E-state index contributed by atoms with van der Waals surface area (Å²) in [6.45, 7) is 6.74. The lowest BCUT2D eigenvalue weighted by Crippen LogP contribution is -2.28. The topological polar surface area (TPSA) is 64.6 Å². The number of nitrogens with one attached hydrogen (secondary N) is 1. The third kappa shape index (κ3) is 7.23. The normalized spacial score (nSPS) is 10.7. The van der Waals surface area contributed by atoms with Crippen molar-refractivity contribution < 1.29 is 19.1 Å². The number of carbonyl (C=O) groups is 2. The highest BCUT2D eigenvalue weighted by atomic mass is 16.5. The Morgan fingerprint density at radius 3 is 2.41 bits per heavy atom. The Morgan fingerprint density at radius 2 is 1.74 bits per heavy atom. The van der Waals surface area contributed by atoms with Crippen LogP contribution in [-0.4, -0.2) is 24.4 Å². The predicted octanol–water partition coefficient (Wildman–Crippen LogP) is 3.90. The minimum Gasteiger partial charge on any atom is -0.484 e. The van der Waals surface area contributed by atoms with Gasteiger partial charge in [0, 0.05) is 18.5 Å². The summed E-state index contributed by atoms with van der Waals surface area (Å²) in [5.74, 6) is 0.443. The molecule has 0 aliphatic carbocycles. The van der Waals surface area contributed by atoms with Crippen molar-refractivity contribution in [1.82, 2.24) is 5.32 Å². The maximum atomic E-state index is 12.0. The van der Waals surface area contributed by atoms with Gasteiger partial charge in [0.25, 0.3) is 5.91 Å². The van der Waals surface area contributed by atoms with Crippen molar-refractivity contribution in [3.63, 3.8) is 0 Å². The summed E-state index contributed by atoms with van der Waals surface area (Å²) in [4.78, 5) is 23.6. The smallest absolute Gasteiger partial charge is 0.258 e. The van der Waals surface area contributed by atoms with E-state index < -0.39 is 0 Å². The fraction of sp³-hybridized carbons (Fsp3) is 0.364. The zero-order valence-corrected chi connectivity index (χ0v) is 16.2. The number of carbonyl (C=O) groups excluding carboxylic acids is 2. The van der Waals surface area contributed by atoms with E-state index >= 15 is 0 Å². The molecule has 0 radical (unpaired) electrons. The van der Waals surface area contributed by atoms with Gasteiger partial charge >= 0.3 is 0 Å². The van der Waals surface area contributed by atoms with Gasteiger partial charge in [0.1, 0.15) is 5.75 Å². The van der Waals surface area contributed by atoms with Crippen LogP contribution in [-0.2, 0) is 22.7 Å². The molecule has 2 aromatic rings. The molecule has 2 aromatic carbocycles. The lowest BCUT2D eigenvalue weighted by Gasteiger charge is -2.10. The van der Waals surface area contributed by atoms with Crippen LogP contribution in [0.1, 0.15) is 48.7 Å². The average molecular weight is 369 g/mol. The van der Waals surface area contributed by atoms with E-state index in [1.54, 1.807) is 24.3 Å². The maximum Gasteiger partial charge on any atom is 0.258 e. The van der Waals surface area contributed by atoms with Gasteiger partial charge in [-0.05, 0) is 49.2 Å². The standard InChI is InChI=1S/C22H27NO4/c1-4-21(24)19-8-10-20(11-9-19)27-15-22(25)23-13-17-6-5-7-18(12-17)14-26-16(2)3/h5-12,16H,4,13-15H2,1-3H3,(H,23,25). The van der Waals surface area contributed by atoms with Crippen molar-refractivity contribution in [2.45, 2.75) is 46.4 Å². The fourth-order valence-electron chi connectivity index (χ4n) is 2.43. The second-order valence-corrected chi connectivity index (χ2v) is 6.55. The number of ketones is 1. The van der Waals surface area contributed by atoms with Crippen molar-refractivity contribution >= 4 is 11.7 Å². The van der Waals surface area contributed by atoms with Crippen LogP contribution in [0.15, 0.2) is 48.5 Å². The van der Waals surface area contributed by atoms with Gasteiger partial charge in [0.2, 0.25) is 0 Å². The molecule has 0 saturated heterocycles. The Morgan fingerprint density at radius 1 is 1.04 bits per heavy atom. The van der Waals surface area contributed by atoms with Crippen LogP contribution in [0, 0.1) is 0 Å². The first-order valence-electron chi connectivity index (χ1n) is 9.20. The molecule has 1 N–H and O–H groups in total. The van der Waals surface area contributed by atoms with E-state index in [1.807, 2.05) is 45.0 Å². The molecule has 1 amide bonds. The highest BCUT2D eigenvalue weighted by Crippen LogP contribution is 2.13. The lowest BCUT2D eigenvalue weighted by atomic mass is 10.1. The molecule has 0 bridgehead atoms. The maximum absolute atomic E-state index is 12.0. The van der Waals surface area contributed by atoms with Gasteiger partial charge in [-0.15, -0.1) is 0 Å². The van der Waals surface area contributed by atoms with Crippen molar-refractivity contribution in [2.75, 3.05) is 6.61 Å². The first-order chi connectivity index (χ1) is 13.0. The Balaban J connectivity index is 1.77. The molecular formula is C22H27NO4. The van der Waals surface area contributed by atoms with Gasteiger partial charge in [-0.2, -0.15) is 0 Å². The minimum atomic E-state index is -0.201. The molecule has 0 fully saturated rings. The number of Topliss-reactive ketones (excluding diaryl/α,β-unsaturated/α-hetero) is 1. The molecule has 0 aromatic heterocycles. The molecular weight excluding hydrogens is 342 g/mol. The van der Waals surface area contributed by atoms with Crippen LogP contribution in [0.5, 0.6) is 5.75 Å². The summed E-state index contributed by atoms with van der Waals surface area (Å²) in [5, 5.41) is 2.84. The van der Waals surface area contributed by atoms with E-state index in [0.29, 0.717) is 30.9 Å².